The molecule has 0 N–H and O–H groups in total. The highest BCUT2D eigenvalue weighted by Gasteiger charge is 2.27. The molecule has 116 valence electrons. The zero-order valence-electron chi connectivity index (χ0n) is 12.4. The predicted octanol–water partition coefficient (Wildman–Crippen LogP) is 1.74. The van der Waals surface area contributed by atoms with E-state index in [0.29, 0.717) is 24.7 Å². The third-order valence-electron chi connectivity index (χ3n) is 3.89. The summed E-state index contributed by atoms with van der Waals surface area (Å²) in [5.41, 5.74) is 0.152. The van der Waals surface area contributed by atoms with Gasteiger partial charge in [0.25, 0.3) is 11.5 Å². The Kier molecular flexibility index (Phi) is 4.33. The molecule has 0 aromatic carbocycles. The van der Waals surface area contributed by atoms with Crippen molar-refractivity contribution in [3.8, 4) is 0 Å². The van der Waals surface area contributed by atoms with Crippen LogP contribution in [0.25, 0.3) is 0 Å². The fourth-order valence-corrected chi connectivity index (χ4v) is 3.52. The zero-order chi connectivity index (χ0) is 15.5. The lowest BCUT2D eigenvalue weighted by Crippen LogP contribution is -2.40. The van der Waals surface area contributed by atoms with Crippen LogP contribution in [0.4, 0.5) is 0 Å². The van der Waals surface area contributed by atoms with Crippen molar-refractivity contribution < 1.29 is 4.79 Å². The topological polar surface area (TPSA) is 68.1 Å². The van der Waals surface area contributed by atoms with Crippen molar-refractivity contribution in [1.29, 1.82) is 0 Å². The number of rotatable bonds is 3. The molecule has 2 aromatic rings. The zero-order valence-corrected chi connectivity index (χ0v) is 13.3. The van der Waals surface area contributed by atoms with Gasteiger partial charge in [-0.1, -0.05) is 0 Å². The van der Waals surface area contributed by atoms with Crippen molar-refractivity contribution in [2.75, 3.05) is 13.1 Å². The standard InChI is InChI=1S/C15H18N4O2S/c1-2-19-13(20)6-5-12(17-19)15(21)18-8-3-4-11(10-18)14-16-7-9-22-14/h5-7,9,11H,2-4,8,10H2,1H3. The van der Waals surface area contributed by atoms with Gasteiger partial charge >= 0.3 is 0 Å². The molecule has 0 saturated carbocycles. The predicted molar refractivity (Wildman–Crippen MR) is 84.2 cm³/mol. The largest absolute Gasteiger partial charge is 0.337 e. The first-order chi connectivity index (χ1) is 10.7. The Morgan fingerprint density at radius 3 is 3.05 bits per heavy atom. The van der Waals surface area contributed by atoms with Gasteiger partial charge in [-0.15, -0.1) is 11.3 Å². The number of hydrogen-bond donors (Lipinski definition) is 0. The van der Waals surface area contributed by atoms with Crippen LogP contribution in [0.1, 0.15) is 41.2 Å². The molecule has 1 amide bonds. The number of likely N-dealkylation sites (tertiary alicyclic amines) is 1. The fourth-order valence-electron chi connectivity index (χ4n) is 2.75. The van der Waals surface area contributed by atoms with Crippen LogP contribution in [0.5, 0.6) is 0 Å². The van der Waals surface area contributed by atoms with Crippen molar-refractivity contribution in [3.63, 3.8) is 0 Å². The average Bonchev–Trinajstić information content (AvgIpc) is 3.09. The van der Waals surface area contributed by atoms with E-state index in [2.05, 4.69) is 10.1 Å². The average molecular weight is 318 g/mol. The van der Waals surface area contributed by atoms with E-state index in [1.54, 1.807) is 17.5 Å². The lowest BCUT2D eigenvalue weighted by molar-refractivity contribution is 0.0698. The molecule has 3 heterocycles. The molecule has 0 radical (unpaired) electrons. The van der Waals surface area contributed by atoms with Crippen LogP contribution in [0, 0.1) is 0 Å². The Morgan fingerprint density at radius 1 is 1.45 bits per heavy atom. The molecular formula is C15H18N4O2S. The number of nitrogens with zero attached hydrogens (tertiary/aromatic N) is 4. The SMILES string of the molecule is CCn1nc(C(=O)N2CCCC(c3nccs3)C2)ccc1=O. The molecule has 1 aliphatic rings. The first-order valence-electron chi connectivity index (χ1n) is 7.46. The number of carbonyl (C=O) groups is 1. The lowest BCUT2D eigenvalue weighted by Gasteiger charge is -2.31. The number of hydrogen-bond acceptors (Lipinski definition) is 5. The number of piperidine rings is 1. The summed E-state index contributed by atoms with van der Waals surface area (Å²) in [4.78, 5) is 30.4. The van der Waals surface area contributed by atoms with Crippen molar-refractivity contribution in [2.45, 2.75) is 32.2 Å². The Balaban J connectivity index is 1.78. The summed E-state index contributed by atoms with van der Waals surface area (Å²) in [6.45, 7) is 3.69. The normalized spacial score (nSPS) is 18.4. The van der Waals surface area contributed by atoms with E-state index in [0.717, 1.165) is 24.4 Å². The van der Waals surface area contributed by atoms with E-state index in [-0.39, 0.29) is 11.5 Å². The minimum Gasteiger partial charge on any atom is -0.337 e. The van der Waals surface area contributed by atoms with E-state index in [1.165, 1.54) is 16.8 Å². The van der Waals surface area contributed by atoms with Gasteiger partial charge in [0.05, 0.1) is 5.01 Å². The molecule has 3 rings (SSSR count). The highest BCUT2D eigenvalue weighted by Crippen LogP contribution is 2.28. The van der Waals surface area contributed by atoms with Crippen molar-refractivity contribution in [3.05, 3.63) is 44.8 Å². The van der Waals surface area contributed by atoms with Crippen molar-refractivity contribution in [2.24, 2.45) is 0 Å². The molecule has 0 spiro atoms. The van der Waals surface area contributed by atoms with Gasteiger partial charge in [-0.3, -0.25) is 9.59 Å². The molecule has 0 aliphatic carbocycles. The maximum absolute atomic E-state index is 12.6. The highest BCUT2D eigenvalue weighted by molar-refractivity contribution is 7.09. The van der Waals surface area contributed by atoms with Gasteiger partial charge < -0.3 is 4.90 Å². The number of aryl methyl sites for hydroxylation is 1. The molecule has 1 atom stereocenters. The molecule has 0 bridgehead atoms. The van der Waals surface area contributed by atoms with Crippen molar-refractivity contribution >= 4 is 17.2 Å². The summed E-state index contributed by atoms with van der Waals surface area (Å²) < 4.78 is 1.31. The molecular weight excluding hydrogens is 300 g/mol. The van der Waals surface area contributed by atoms with E-state index < -0.39 is 0 Å². The van der Waals surface area contributed by atoms with Crippen LogP contribution in [0.3, 0.4) is 0 Å². The summed E-state index contributed by atoms with van der Waals surface area (Å²) in [7, 11) is 0. The Bertz CT molecular complexity index is 711. The Hall–Kier alpha value is -2.02. The van der Waals surface area contributed by atoms with Gasteiger partial charge in [0.1, 0.15) is 5.69 Å². The smallest absolute Gasteiger partial charge is 0.274 e. The second-order valence-corrected chi connectivity index (χ2v) is 6.26. The Labute approximate surface area is 132 Å². The number of carbonyl (C=O) groups excluding carboxylic acids is 1. The van der Waals surface area contributed by atoms with E-state index in [1.807, 2.05) is 17.2 Å². The van der Waals surface area contributed by atoms with Crippen LogP contribution >= 0.6 is 11.3 Å². The maximum Gasteiger partial charge on any atom is 0.274 e. The van der Waals surface area contributed by atoms with Crippen molar-refractivity contribution in [1.82, 2.24) is 19.7 Å². The summed E-state index contributed by atoms with van der Waals surface area (Å²) in [6, 6.07) is 2.93. The molecule has 6 nitrogen and oxygen atoms in total. The summed E-state index contributed by atoms with van der Waals surface area (Å²) in [5.74, 6) is 0.193. The molecule has 1 saturated heterocycles. The molecule has 2 aromatic heterocycles. The fraction of sp³-hybridized carbons (Fsp3) is 0.467. The van der Waals surface area contributed by atoms with Gasteiger partial charge in [-0.05, 0) is 25.8 Å². The lowest BCUT2D eigenvalue weighted by atomic mass is 9.98. The Morgan fingerprint density at radius 2 is 2.32 bits per heavy atom. The summed E-state index contributed by atoms with van der Waals surface area (Å²) in [5, 5.41) is 7.21. The minimum absolute atomic E-state index is 0.108. The quantitative estimate of drug-likeness (QED) is 0.864. The third-order valence-corrected chi connectivity index (χ3v) is 4.83. The molecule has 1 fully saturated rings. The molecule has 7 heteroatoms. The van der Waals surface area contributed by atoms with Crippen LogP contribution < -0.4 is 5.56 Å². The van der Waals surface area contributed by atoms with E-state index in [9.17, 15) is 9.59 Å². The molecule has 22 heavy (non-hydrogen) atoms. The van der Waals surface area contributed by atoms with Gasteiger partial charge in [-0.25, -0.2) is 9.67 Å². The van der Waals surface area contributed by atoms with Gasteiger partial charge in [0.15, 0.2) is 0 Å². The first kappa shape index (κ1) is 14.9. The van der Waals surface area contributed by atoms with Crippen LogP contribution in [-0.2, 0) is 6.54 Å². The summed E-state index contributed by atoms with van der Waals surface area (Å²) >= 11 is 1.64. The van der Waals surface area contributed by atoms with E-state index in [4.69, 9.17) is 0 Å². The van der Waals surface area contributed by atoms with Gasteiger partial charge in [0, 0.05) is 43.2 Å². The number of amides is 1. The second kappa shape index (κ2) is 6.39. The van der Waals surface area contributed by atoms with E-state index >= 15 is 0 Å². The van der Waals surface area contributed by atoms with Crippen LogP contribution in [0.2, 0.25) is 0 Å². The first-order valence-corrected chi connectivity index (χ1v) is 8.34. The summed E-state index contributed by atoms with van der Waals surface area (Å²) in [6.07, 6.45) is 3.82. The van der Waals surface area contributed by atoms with Gasteiger partial charge in [-0.2, -0.15) is 5.10 Å². The molecule has 1 unspecified atom stereocenters. The van der Waals surface area contributed by atoms with Crippen LogP contribution in [0.15, 0.2) is 28.5 Å². The number of thiazole rings is 1. The molecule has 1 aliphatic heterocycles. The monoisotopic (exact) mass is 318 g/mol. The van der Waals surface area contributed by atoms with Crippen LogP contribution in [-0.4, -0.2) is 38.7 Å². The van der Waals surface area contributed by atoms with Gasteiger partial charge in [0.2, 0.25) is 0 Å². The third kappa shape index (κ3) is 2.94. The second-order valence-electron chi connectivity index (χ2n) is 5.33. The maximum atomic E-state index is 12.6. The minimum atomic E-state index is -0.182. The number of aromatic nitrogens is 3. The highest BCUT2D eigenvalue weighted by atomic mass is 32.1.